The molecule has 1 aromatic heterocycles. The summed E-state index contributed by atoms with van der Waals surface area (Å²) in [5, 5.41) is 6.61. The first-order valence-corrected chi connectivity index (χ1v) is 7.49. The van der Waals surface area contributed by atoms with Crippen molar-refractivity contribution in [2.24, 2.45) is 0 Å². The zero-order chi connectivity index (χ0) is 13.4. The molecular formula is C12H21FN4S. The van der Waals surface area contributed by atoms with Crippen LogP contribution in [0, 0.1) is 5.82 Å². The number of nitrogens with zero attached hydrogens (tertiary/aromatic N) is 2. The third-order valence-electron chi connectivity index (χ3n) is 2.52. The minimum Gasteiger partial charge on any atom is -0.367 e. The molecule has 6 heteroatoms. The molecule has 1 rings (SSSR count). The van der Waals surface area contributed by atoms with Gasteiger partial charge in [-0.25, -0.2) is 9.37 Å². The monoisotopic (exact) mass is 272 g/mol. The van der Waals surface area contributed by atoms with Gasteiger partial charge in [-0.05, 0) is 19.1 Å². The second-order valence-electron chi connectivity index (χ2n) is 4.08. The summed E-state index contributed by atoms with van der Waals surface area (Å²) in [6.45, 7) is 5.70. The number of halogens is 1. The Hall–Kier alpha value is -1.04. The van der Waals surface area contributed by atoms with Gasteiger partial charge in [0.1, 0.15) is 0 Å². The summed E-state index contributed by atoms with van der Waals surface area (Å²) in [5.74, 6) is 0.337. The number of rotatable bonds is 8. The molecule has 0 spiro atoms. The van der Waals surface area contributed by atoms with Crippen molar-refractivity contribution in [2.45, 2.75) is 31.9 Å². The highest BCUT2D eigenvalue weighted by atomic mass is 32.2. The molecule has 102 valence electrons. The lowest BCUT2D eigenvalue weighted by Gasteiger charge is -2.11. The molecule has 0 saturated heterocycles. The molecule has 0 saturated carbocycles. The van der Waals surface area contributed by atoms with E-state index < -0.39 is 5.82 Å². The minimum atomic E-state index is -0.408. The highest BCUT2D eigenvalue weighted by Gasteiger charge is 2.07. The predicted molar refractivity (Wildman–Crippen MR) is 76.9 cm³/mol. The van der Waals surface area contributed by atoms with Gasteiger partial charge in [-0.1, -0.05) is 13.8 Å². The van der Waals surface area contributed by atoms with Crippen molar-refractivity contribution in [3.63, 3.8) is 0 Å². The van der Waals surface area contributed by atoms with Crippen LogP contribution in [0.25, 0.3) is 0 Å². The fourth-order valence-corrected chi connectivity index (χ4v) is 1.68. The molecule has 0 fully saturated rings. The molecule has 18 heavy (non-hydrogen) atoms. The maximum Gasteiger partial charge on any atom is 0.224 e. The minimum absolute atomic E-state index is 0.275. The van der Waals surface area contributed by atoms with Crippen molar-refractivity contribution >= 4 is 23.5 Å². The van der Waals surface area contributed by atoms with Crippen molar-refractivity contribution in [3.8, 4) is 0 Å². The lowest BCUT2D eigenvalue weighted by Crippen LogP contribution is -2.12. The van der Waals surface area contributed by atoms with E-state index in [0.717, 1.165) is 19.4 Å². The van der Waals surface area contributed by atoms with Crippen LogP contribution in [0.4, 0.5) is 16.2 Å². The first-order chi connectivity index (χ1) is 8.67. The van der Waals surface area contributed by atoms with Gasteiger partial charge >= 0.3 is 0 Å². The first-order valence-electron chi connectivity index (χ1n) is 6.20. The second kappa shape index (κ2) is 8.13. The van der Waals surface area contributed by atoms with E-state index in [4.69, 9.17) is 0 Å². The number of hydrogen-bond donors (Lipinski definition) is 2. The zero-order valence-electron chi connectivity index (χ0n) is 11.2. The van der Waals surface area contributed by atoms with Gasteiger partial charge in [-0.2, -0.15) is 16.7 Å². The van der Waals surface area contributed by atoms with Crippen molar-refractivity contribution in [1.29, 1.82) is 0 Å². The Morgan fingerprint density at radius 1 is 1.39 bits per heavy atom. The molecule has 0 amide bonds. The third-order valence-corrected chi connectivity index (χ3v) is 3.56. The van der Waals surface area contributed by atoms with Crippen LogP contribution in [0.3, 0.4) is 0 Å². The molecule has 1 heterocycles. The lowest BCUT2D eigenvalue weighted by atomic mass is 10.3. The average Bonchev–Trinajstić information content (AvgIpc) is 2.39. The molecule has 0 aliphatic rings. The van der Waals surface area contributed by atoms with E-state index in [2.05, 4.69) is 40.7 Å². The molecule has 0 aliphatic heterocycles. The smallest absolute Gasteiger partial charge is 0.224 e. The van der Waals surface area contributed by atoms with Crippen LogP contribution in [0.5, 0.6) is 0 Å². The van der Waals surface area contributed by atoms with Gasteiger partial charge in [0.2, 0.25) is 5.95 Å². The van der Waals surface area contributed by atoms with E-state index in [1.165, 1.54) is 6.20 Å². The lowest BCUT2D eigenvalue weighted by molar-refractivity contribution is 0.616. The van der Waals surface area contributed by atoms with Gasteiger partial charge in [0.25, 0.3) is 0 Å². The van der Waals surface area contributed by atoms with Crippen LogP contribution in [0.1, 0.15) is 26.7 Å². The Morgan fingerprint density at radius 2 is 2.17 bits per heavy atom. The topological polar surface area (TPSA) is 49.8 Å². The number of anilines is 2. The van der Waals surface area contributed by atoms with Crippen molar-refractivity contribution < 1.29 is 4.39 Å². The van der Waals surface area contributed by atoms with Crippen LogP contribution in [0.15, 0.2) is 6.20 Å². The van der Waals surface area contributed by atoms with E-state index in [-0.39, 0.29) is 5.82 Å². The zero-order valence-corrected chi connectivity index (χ0v) is 12.0. The van der Waals surface area contributed by atoms with E-state index in [1.807, 2.05) is 0 Å². The molecule has 1 aromatic rings. The second-order valence-corrected chi connectivity index (χ2v) is 5.35. The molecule has 1 unspecified atom stereocenters. The maximum absolute atomic E-state index is 13.5. The van der Waals surface area contributed by atoms with E-state index in [0.29, 0.717) is 17.7 Å². The number of thioether (sulfide) groups is 1. The van der Waals surface area contributed by atoms with Gasteiger partial charge in [0.05, 0.1) is 6.20 Å². The first kappa shape index (κ1) is 15.0. The van der Waals surface area contributed by atoms with Crippen LogP contribution in [-0.2, 0) is 0 Å². The Kier molecular flexibility index (Phi) is 6.78. The van der Waals surface area contributed by atoms with Crippen molar-refractivity contribution in [2.75, 3.05) is 30.0 Å². The largest absolute Gasteiger partial charge is 0.367 e. The standard InChI is InChI=1S/C12H21FN4S/c1-4-6-15-12-16-8-10(13)11(17-12)14-7-5-9(2)18-3/h8-9H,4-7H2,1-3H3,(H2,14,15,16,17). The summed E-state index contributed by atoms with van der Waals surface area (Å²) in [6.07, 6.45) is 5.23. The number of hydrogen-bond acceptors (Lipinski definition) is 5. The number of nitrogens with one attached hydrogen (secondary N) is 2. The van der Waals surface area contributed by atoms with E-state index in [1.54, 1.807) is 11.8 Å². The molecule has 0 bridgehead atoms. The van der Waals surface area contributed by atoms with Gasteiger partial charge in [-0.15, -0.1) is 0 Å². The van der Waals surface area contributed by atoms with Crippen LogP contribution < -0.4 is 10.6 Å². The quantitative estimate of drug-likeness (QED) is 0.762. The summed E-state index contributed by atoms with van der Waals surface area (Å²) >= 11 is 1.80. The summed E-state index contributed by atoms with van der Waals surface area (Å²) < 4.78 is 13.5. The average molecular weight is 272 g/mol. The molecule has 1 atom stereocenters. The van der Waals surface area contributed by atoms with Gasteiger partial charge < -0.3 is 10.6 Å². The molecule has 4 nitrogen and oxygen atoms in total. The van der Waals surface area contributed by atoms with Crippen molar-refractivity contribution in [3.05, 3.63) is 12.0 Å². The van der Waals surface area contributed by atoms with Gasteiger partial charge in [-0.3, -0.25) is 0 Å². The van der Waals surface area contributed by atoms with Crippen molar-refractivity contribution in [1.82, 2.24) is 9.97 Å². The third kappa shape index (κ3) is 5.08. The normalized spacial score (nSPS) is 12.2. The molecule has 0 radical (unpaired) electrons. The molecule has 0 aromatic carbocycles. The SMILES string of the molecule is CCCNc1ncc(F)c(NCCC(C)SC)n1. The maximum atomic E-state index is 13.5. The van der Waals surface area contributed by atoms with Crippen LogP contribution >= 0.6 is 11.8 Å². The Morgan fingerprint density at radius 3 is 2.83 bits per heavy atom. The molecule has 2 N–H and O–H groups in total. The van der Waals surface area contributed by atoms with Gasteiger partial charge in [0.15, 0.2) is 11.6 Å². The summed E-state index contributed by atoms with van der Waals surface area (Å²) in [4.78, 5) is 8.01. The molecular weight excluding hydrogens is 251 g/mol. The summed E-state index contributed by atoms with van der Waals surface area (Å²) in [6, 6.07) is 0. The Bertz CT molecular complexity index is 362. The Labute approximate surface area is 112 Å². The van der Waals surface area contributed by atoms with Crippen LogP contribution in [-0.4, -0.2) is 34.6 Å². The molecule has 0 aliphatic carbocycles. The fraction of sp³-hybridized carbons (Fsp3) is 0.667. The van der Waals surface area contributed by atoms with E-state index >= 15 is 0 Å². The van der Waals surface area contributed by atoms with E-state index in [9.17, 15) is 4.39 Å². The highest BCUT2D eigenvalue weighted by molar-refractivity contribution is 7.99. The summed E-state index contributed by atoms with van der Waals surface area (Å²) in [5.41, 5.74) is 0. The Balaban J connectivity index is 2.52. The number of aromatic nitrogens is 2. The fourth-order valence-electron chi connectivity index (χ4n) is 1.32. The van der Waals surface area contributed by atoms with Gasteiger partial charge in [0, 0.05) is 18.3 Å². The summed E-state index contributed by atoms with van der Waals surface area (Å²) in [7, 11) is 0. The highest BCUT2D eigenvalue weighted by Crippen LogP contribution is 2.14. The van der Waals surface area contributed by atoms with Crippen LogP contribution in [0.2, 0.25) is 0 Å². The predicted octanol–water partition coefficient (Wildman–Crippen LogP) is 2.99.